The van der Waals surface area contributed by atoms with E-state index >= 15 is 0 Å². The van der Waals surface area contributed by atoms with E-state index in [4.69, 9.17) is 4.74 Å². The van der Waals surface area contributed by atoms with Crippen LogP contribution >= 0.6 is 12.4 Å². The molecule has 28 heavy (non-hydrogen) atoms. The molecule has 1 fully saturated rings. The lowest BCUT2D eigenvalue weighted by molar-refractivity contribution is 0.0939. The van der Waals surface area contributed by atoms with Crippen LogP contribution in [0.2, 0.25) is 0 Å². The van der Waals surface area contributed by atoms with E-state index in [1.165, 1.54) is 37.1 Å². The van der Waals surface area contributed by atoms with E-state index in [2.05, 4.69) is 36.9 Å². The van der Waals surface area contributed by atoms with Gasteiger partial charge in [0.15, 0.2) is 5.78 Å². The quantitative estimate of drug-likeness (QED) is 0.557. The summed E-state index contributed by atoms with van der Waals surface area (Å²) in [5.41, 5.74) is 5.44. The molecule has 1 heterocycles. The zero-order valence-corrected chi connectivity index (χ0v) is 18.3. The Balaban J connectivity index is 0.00000280. The van der Waals surface area contributed by atoms with Gasteiger partial charge >= 0.3 is 0 Å². The summed E-state index contributed by atoms with van der Waals surface area (Å²) in [5, 5.41) is 0. The Labute approximate surface area is 175 Å². The molecule has 0 spiro atoms. The normalized spacial score (nSPS) is 14.2. The van der Waals surface area contributed by atoms with Crippen molar-refractivity contribution in [3.63, 3.8) is 0 Å². The summed E-state index contributed by atoms with van der Waals surface area (Å²) in [6.45, 7) is 12.2. The van der Waals surface area contributed by atoms with Gasteiger partial charge in [0.05, 0.1) is 0 Å². The fraction of sp³-hybridized carbons (Fsp3) is 0.458. The summed E-state index contributed by atoms with van der Waals surface area (Å²) in [6, 6.07) is 12.2. The number of ketones is 1. The Hall–Kier alpha value is -1.84. The summed E-state index contributed by atoms with van der Waals surface area (Å²) in [7, 11) is 0. The molecule has 0 radical (unpaired) electrons. The van der Waals surface area contributed by atoms with Gasteiger partial charge in [-0.2, -0.15) is 0 Å². The number of carbonyl (C=O) groups excluding carboxylic acids is 1. The predicted molar refractivity (Wildman–Crippen MR) is 119 cm³/mol. The van der Waals surface area contributed by atoms with Gasteiger partial charge < -0.3 is 4.74 Å². The van der Waals surface area contributed by atoms with Crippen molar-refractivity contribution in [2.24, 2.45) is 5.92 Å². The van der Waals surface area contributed by atoms with Crippen molar-refractivity contribution in [1.29, 1.82) is 0 Å². The molecule has 1 aliphatic heterocycles. The van der Waals surface area contributed by atoms with Gasteiger partial charge in [0.2, 0.25) is 0 Å². The first kappa shape index (κ1) is 22.4. The number of likely N-dealkylation sites (tertiary alicyclic amines) is 1. The minimum Gasteiger partial charge on any atom is -0.492 e. The highest BCUT2D eigenvalue weighted by Crippen LogP contribution is 2.31. The molecule has 152 valence electrons. The van der Waals surface area contributed by atoms with Crippen molar-refractivity contribution in [3.8, 4) is 16.9 Å². The van der Waals surface area contributed by atoms with Gasteiger partial charge in [0.25, 0.3) is 0 Å². The summed E-state index contributed by atoms with van der Waals surface area (Å²) in [4.78, 5) is 14.8. The smallest absolute Gasteiger partial charge is 0.165 e. The highest BCUT2D eigenvalue weighted by atomic mass is 35.5. The Morgan fingerprint density at radius 1 is 1.11 bits per heavy atom. The number of hydrogen-bond donors (Lipinski definition) is 0. The van der Waals surface area contributed by atoms with E-state index in [-0.39, 0.29) is 24.1 Å². The summed E-state index contributed by atoms with van der Waals surface area (Å²) < 4.78 is 6.07. The van der Waals surface area contributed by atoms with Crippen LogP contribution in [-0.2, 0) is 0 Å². The van der Waals surface area contributed by atoms with E-state index < -0.39 is 0 Å². The summed E-state index contributed by atoms with van der Waals surface area (Å²) >= 11 is 0. The Morgan fingerprint density at radius 3 is 2.50 bits per heavy atom. The number of nitrogens with zero attached hydrogens (tertiary/aromatic N) is 1. The Morgan fingerprint density at radius 2 is 1.82 bits per heavy atom. The molecule has 2 aromatic rings. The SMILES string of the molecule is Cc1cc(OCCN2CCCC2)cc(-c2cccc(C(=O)C(C)C)c2)c1C.Cl. The molecule has 3 nitrogen and oxygen atoms in total. The summed E-state index contributed by atoms with van der Waals surface area (Å²) in [5.74, 6) is 1.10. The topological polar surface area (TPSA) is 29.5 Å². The molecule has 1 saturated heterocycles. The molecule has 0 aromatic heterocycles. The lowest BCUT2D eigenvalue weighted by atomic mass is 9.93. The van der Waals surface area contributed by atoms with Crippen molar-refractivity contribution in [2.75, 3.05) is 26.2 Å². The Kier molecular flexibility index (Phi) is 8.09. The number of halogens is 1. The molecule has 0 unspecified atom stereocenters. The maximum Gasteiger partial charge on any atom is 0.165 e. The average Bonchev–Trinajstić information content (AvgIpc) is 3.17. The molecule has 0 amide bonds. The summed E-state index contributed by atoms with van der Waals surface area (Å²) in [6.07, 6.45) is 2.61. The molecule has 0 atom stereocenters. The lowest BCUT2D eigenvalue weighted by Crippen LogP contribution is -2.25. The van der Waals surface area contributed by atoms with Crippen LogP contribution < -0.4 is 4.74 Å². The highest BCUT2D eigenvalue weighted by molar-refractivity contribution is 5.98. The van der Waals surface area contributed by atoms with Gasteiger partial charge in [-0.3, -0.25) is 9.69 Å². The molecule has 1 aliphatic rings. The molecule has 0 bridgehead atoms. The van der Waals surface area contributed by atoms with Gasteiger partial charge in [-0.15, -0.1) is 12.4 Å². The predicted octanol–water partition coefficient (Wildman–Crippen LogP) is 5.71. The standard InChI is InChI=1S/C24H31NO2.ClH/c1-17(2)24(26)21-9-7-8-20(15-21)23-16-22(14-18(3)19(23)4)27-13-12-25-10-5-6-11-25;/h7-9,14-17H,5-6,10-13H2,1-4H3;1H. The molecule has 2 aromatic carbocycles. The number of carbonyl (C=O) groups is 1. The minimum absolute atomic E-state index is 0. The van der Waals surface area contributed by atoms with Crippen LogP contribution in [0.3, 0.4) is 0 Å². The van der Waals surface area contributed by atoms with Gasteiger partial charge in [0.1, 0.15) is 12.4 Å². The van der Waals surface area contributed by atoms with E-state index in [1.54, 1.807) is 0 Å². The third-order valence-corrected chi connectivity index (χ3v) is 5.50. The average molecular weight is 402 g/mol. The zero-order valence-electron chi connectivity index (χ0n) is 17.5. The highest BCUT2D eigenvalue weighted by Gasteiger charge is 2.14. The number of benzene rings is 2. The first-order valence-electron chi connectivity index (χ1n) is 10.1. The van der Waals surface area contributed by atoms with Crippen LogP contribution in [0.5, 0.6) is 5.75 Å². The second-order valence-corrected chi connectivity index (χ2v) is 7.91. The van der Waals surface area contributed by atoms with E-state index in [0.29, 0.717) is 6.61 Å². The number of ether oxygens (including phenoxy) is 1. The fourth-order valence-electron chi connectivity index (χ4n) is 3.68. The van der Waals surface area contributed by atoms with Crippen LogP contribution in [0.15, 0.2) is 36.4 Å². The zero-order chi connectivity index (χ0) is 19.4. The van der Waals surface area contributed by atoms with Gasteiger partial charge in [0, 0.05) is 18.0 Å². The van der Waals surface area contributed by atoms with E-state index in [0.717, 1.165) is 29.0 Å². The molecule has 0 N–H and O–H groups in total. The van der Waals surface area contributed by atoms with Crippen LogP contribution in [0.25, 0.3) is 11.1 Å². The molecular formula is C24H32ClNO2. The third kappa shape index (κ3) is 5.36. The first-order chi connectivity index (χ1) is 13.0. The van der Waals surface area contributed by atoms with Crippen molar-refractivity contribution < 1.29 is 9.53 Å². The van der Waals surface area contributed by atoms with Gasteiger partial charge in [-0.05, 0) is 80.2 Å². The number of aryl methyl sites for hydroxylation is 1. The van der Waals surface area contributed by atoms with Crippen LogP contribution in [-0.4, -0.2) is 36.9 Å². The Bertz CT molecular complexity index is 810. The van der Waals surface area contributed by atoms with Crippen LogP contribution in [0.1, 0.15) is 48.2 Å². The maximum absolute atomic E-state index is 12.4. The molecule has 0 aliphatic carbocycles. The first-order valence-corrected chi connectivity index (χ1v) is 10.1. The molecule has 3 rings (SSSR count). The molecule has 0 saturated carbocycles. The maximum atomic E-state index is 12.4. The van der Waals surface area contributed by atoms with Crippen molar-refractivity contribution >= 4 is 18.2 Å². The second kappa shape index (κ2) is 10.1. The van der Waals surface area contributed by atoms with Crippen LogP contribution in [0, 0.1) is 19.8 Å². The monoisotopic (exact) mass is 401 g/mol. The molecule has 4 heteroatoms. The minimum atomic E-state index is 0. The van der Waals surface area contributed by atoms with Gasteiger partial charge in [-0.1, -0.05) is 32.0 Å². The lowest BCUT2D eigenvalue weighted by Gasteiger charge is -2.17. The number of rotatable bonds is 7. The second-order valence-electron chi connectivity index (χ2n) is 7.91. The molecular weight excluding hydrogens is 370 g/mol. The number of Topliss-reactive ketones (excluding diaryl/α,β-unsaturated/α-hetero) is 1. The largest absolute Gasteiger partial charge is 0.492 e. The van der Waals surface area contributed by atoms with Crippen molar-refractivity contribution in [3.05, 3.63) is 53.1 Å². The fourth-order valence-corrected chi connectivity index (χ4v) is 3.68. The van der Waals surface area contributed by atoms with Crippen molar-refractivity contribution in [1.82, 2.24) is 4.90 Å². The van der Waals surface area contributed by atoms with Gasteiger partial charge in [-0.25, -0.2) is 0 Å². The van der Waals surface area contributed by atoms with Crippen molar-refractivity contribution in [2.45, 2.75) is 40.5 Å². The van der Waals surface area contributed by atoms with E-state index in [9.17, 15) is 4.79 Å². The van der Waals surface area contributed by atoms with Crippen LogP contribution in [0.4, 0.5) is 0 Å². The van der Waals surface area contributed by atoms with E-state index in [1.807, 2.05) is 32.0 Å². The number of hydrogen-bond acceptors (Lipinski definition) is 3. The third-order valence-electron chi connectivity index (χ3n) is 5.50.